The summed E-state index contributed by atoms with van der Waals surface area (Å²) in [6.07, 6.45) is 0. The van der Waals surface area contributed by atoms with Crippen LogP contribution in [0.15, 0.2) is 18.2 Å². The molecule has 0 radical (unpaired) electrons. The van der Waals surface area contributed by atoms with Crippen LogP contribution in [0.3, 0.4) is 0 Å². The van der Waals surface area contributed by atoms with E-state index in [4.69, 9.17) is 22.4 Å². The molecule has 112 valence electrons. The second-order valence-electron chi connectivity index (χ2n) is 3.94. The summed E-state index contributed by atoms with van der Waals surface area (Å²) in [5.74, 6) is -3.33. The van der Waals surface area contributed by atoms with Crippen molar-refractivity contribution in [1.82, 2.24) is 4.90 Å². The summed E-state index contributed by atoms with van der Waals surface area (Å²) in [5, 5.41) is 19.7. The van der Waals surface area contributed by atoms with Crippen molar-refractivity contribution in [3.8, 4) is 0 Å². The van der Waals surface area contributed by atoms with Crippen LogP contribution in [0.1, 0.15) is 10.4 Å². The maximum atomic E-state index is 12.2. The van der Waals surface area contributed by atoms with Gasteiger partial charge in [-0.3, -0.25) is 24.5 Å². The van der Waals surface area contributed by atoms with Crippen molar-refractivity contribution < 1.29 is 24.4 Å². The molecular formula is C11H10ClN3O6. The lowest BCUT2D eigenvalue weighted by molar-refractivity contribution is -0.385. The number of nitro benzene ring substituents is 1. The molecule has 0 aliphatic rings. The molecule has 0 atom stereocenters. The summed E-state index contributed by atoms with van der Waals surface area (Å²) in [7, 11) is 0. The second kappa shape index (κ2) is 6.66. The Bertz CT molecular complexity index is 602. The Morgan fingerprint density at radius 2 is 1.95 bits per heavy atom. The Morgan fingerprint density at radius 1 is 1.33 bits per heavy atom. The first-order valence-electron chi connectivity index (χ1n) is 5.45. The van der Waals surface area contributed by atoms with Crippen molar-refractivity contribution in [2.45, 2.75) is 0 Å². The van der Waals surface area contributed by atoms with E-state index in [0.29, 0.717) is 4.90 Å². The molecule has 0 aliphatic heterocycles. The third-order valence-corrected chi connectivity index (χ3v) is 2.58. The average Bonchev–Trinajstić information content (AvgIpc) is 2.35. The number of primary amides is 1. The molecular weight excluding hydrogens is 306 g/mol. The van der Waals surface area contributed by atoms with Gasteiger partial charge in [0.25, 0.3) is 11.6 Å². The fraction of sp³-hybridized carbons (Fsp3) is 0.182. The maximum absolute atomic E-state index is 12.2. The van der Waals surface area contributed by atoms with Gasteiger partial charge in [-0.2, -0.15) is 0 Å². The van der Waals surface area contributed by atoms with Gasteiger partial charge >= 0.3 is 5.97 Å². The van der Waals surface area contributed by atoms with Crippen LogP contribution in [0.25, 0.3) is 0 Å². The molecule has 21 heavy (non-hydrogen) atoms. The number of rotatable bonds is 6. The molecule has 3 N–H and O–H groups in total. The highest BCUT2D eigenvalue weighted by Crippen LogP contribution is 2.24. The van der Waals surface area contributed by atoms with Crippen molar-refractivity contribution in [2.75, 3.05) is 13.1 Å². The molecule has 1 aromatic rings. The SMILES string of the molecule is NC(=O)CN(CC(=O)O)C(=O)c1ccc(Cl)cc1[N+](=O)[O-]. The molecule has 1 aromatic carbocycles. The number of carboxylic acids is 1. The molecule has 0 heterocycles. The van der Waals surface area contributed by atoms with E-state index >= 15 is 0 Å². The highest BCUT2D eigenvalue weighted by atomic mass is 35.5. The van der Waals surface area contributed by atoms with Crippen LogP contribution in [0.2, 0.25) is 5.02 Å². The number of benzene rings is 1. The average molecular weight is 316 g/mol. The van der Waals surface area contributed by atoms with Gasteiger partial charge in [0.1, 0.15) is 18.7 Å². The summed E-state index contributed by atoms with van der Waals surface area (Å²) in [4.78, 5) is 44.4. The summed E-state index contributed by atoms with van der Waals surface area (Å²) in [5.41, 5.74) is 3.95. The lowest BCUT2D eigenvalue weighted by Crippen LogP contribution is -2.41. The van der Waals surface area contributed by atoms with Gasteiger partial charge in [-0.1, -0.05) is 11.6 Å². The van der Waals surface area contributed by atoms with Crippen molar-refractivity contribution in [3.63, 3.8) is 0 Å². The minimum absolute atomic E-state index is 0.0398. The van der Waals surface area contributed by atoms with Crippen LogP contribution in [-0.2, 0) is 9.59 Å². The van der Waals surface area contributed by atoms with E-state index in [-0.39, 0.29) is 10.6 Å². The minimum atomic E-state index is -1.39. The zero-order valence-electron chi connectivity index (χ0n) is 10.5. The fourth-order valence-corrected chi connectivity index (χ4v) is 1.72. The van der Waals surface area contributed by atoms with Gasteiger partial charge < -0.3 is 15.7 Å². The Labute approximate surface area is 123 Å². The molecule has 0 aromatic heterocycles. The second-order valence-corrected chi connectivity index (χ2v) is 4.38. The van der Waals surface area contributed by atoms with Gasteiger partial charge in [0.05, 0.1) is 4.92 Å². The van der Waals surface area contributed by atoms with Crippen LogP contribution in [0.4, 0.5) is 5.69 Å². The Hall–Kier alpha value is -2.68. The van der Waals surface area contributed by atoms with Gasteiger partial charge in [0.2, 0.25) is 5.91 Å². The predicted molar refractivity (Wildman–Crippen MR) is 70.8 cm³/mol. The first-order chi connectivity index (χ1) is 9.72. The minimum Gasteiger partial charge on any atom is -0.480 e. The number of carboxylic acid groups (broad SMARTS) is 1. The van der Waals surface area contributed by atoms with Crippen LogP contribution in [0.5, 0.6) is 0 Å². The molecule has 2 amide bonds. The lowest BCUT2D eigenvalue weighted by Gasteiger charge is -2.18. The van der Waals surface area contributed by atoms with Gasteiger partial charge in [-0.25, -0.2) is 0 Å². The molecule has 9 nitrogen and oxygen atoms in total. The smallest absolute Gasteiger partial charge is 0.323 e. The number of nitrogens with zero attached hydrogens (tertiary/aromatic N) is 2. The Balaban J connectivity index is 3.22. The normalized spacial score (nSPS) is 9.95. The summed E-state index contributed by atoms with van der Waals surface area (Å²) in [6.45, 7) is -1.49. The van der Waals surface area contributed by atoms with E-state index < -0.39 is 41.5 Å². The molecule has 0 saturated carbocycles. The third-order valence-electron chi connectivity index (χ3n) is 2.35. The van der Waals surface area contributed by atoms with Crippen molar-refractivity contribution >= 4 is 35.1 Å². The maximum Gasteiger partial charge on any atom is 0.323 e. The summed E-state index contributed by atoms with van der Waals surface area (Å²) >= 11 is 5.62. The molecule has 0 spiro atoms. The molecule has 0 unspecified atom stereocenters. The highest BCUT2D eigenvalue weighted by Gasteiger charge is 2.27. The van der Waals surface area contributed by atoms with Crippen LogP contribution < -0.4 is 5.73 Å². The van der Waals surface area contributed by atoms with E-state index in [0.717, 1.165) is 12.1 Å². The van der Waals surface area contributed by atoms with Crippen molar-refractivity contribution in [1.29, 1.82) is 0 Å². The van der Waals surface area contributed by atoms with Gasteiger partial charge in [-0.05, 0) is 12.1 Å². The molecule has 0 bridgehead atoms. The van der Waals surface area contributed by atoms with Gasteiger partial charge in [-0.15, -0.1) is 0 Å². The number of hydrogen-bond acceptors (Lipinski definition) is 5. The van der Waals surface area contributed by atoms with Crippen LogP contribution in [-0.4, -0.2) is 45.8 Å². The Kier molecular flexibility index (Phi) is 5.19. The number of nitrogens with two attached hydrogens (primary N) is 1. The van der Waals surface area contributed by atoms with Crippen molar-refractivity contribution in [2.24, 2.45) is 5.73 Å². The topological polar surface area (TPSA) is 144 Å². The highest BCUT2D eigenvalue weighted by molar-refractivity contribution is 6.31. The lowest BCUT2D eigenvalue weighted by atomic mass is 10.1. The molecule has 1 rings (SSSR count). The standard InChI is InChI=1S/C11H10ClN3O6/c12-6-1-2-7(8(3-6)15(20)21)11(19)14(4-9(13)16)5-10(17)18/h1-3H,4-5H2,(H2,13,16)(H,17,18). The van der Waals surface area contributed by atoms with Crippen LogP contribution >= 0.6 is 11.6 Å². The number of carbonyl (C=O) groups is 3. The summed E-state index contributed by atoms with van der Waals surface area (Å²) in [6, 6.07) is 3.28. The quantitative estimate of drug-likeness (QED) is 0.569. The van der Waals surface area contributed by atoms with E-state index in [1.807, 2.05) is 0 Å². The Morgan fingerprint density at radius 3 is 2.43 bits per heavy atom. The predicted octanol–water partition coefficient (Wildman–Crippen LogP) is 0.260. The number of amides is 2. The zero-order chi connectivity index (χ0) is 16.2. The number of hydrogen-bond donors (Lipinski definition) is 2. The number of carbonyl (C=O) groups excluding carboxylic acids is 2. The van der Waals surface area contributed by atoms with Gasteiger partial charge in [0.15, 0.2) is 0 Å². The first kappa shape index (κ1) is 16.4. The zero-order valence-corrected chi connectivity index (χ0v) is 11.2. The van der Waals surface area contributed by atoms with E-state index in [9.17, 15) is 24.5 Å². The number of aliphatic carboxylic acids is 1. The van der Waals surface area contributed by atoms with E-state index in [2.05, 4.69) is 0 Å². The summed E-state index contributed by atoms with van der Waals surface area (Å²) < 4.78 is 0. The molecule has 0 fully saturated rings. The van der Waals surface area contributed by atoms with E-state index in [1.165, 1.54) is 6.07 Å². The molecule has 0 saturated heterocycles. The fourth-order valence-electron chi connectivity index (χ4n) is 1.56. The molecule has 0 aliphatic carbocycles. The monoisotopic (exact) mass is 315 g/mol. The number of halogens is 1. The molecule has 10 heteroatoms. The van der Waals surface area contributed by atoms with Crippen LogP contribution in [0, 0.1) is 10.1 Å². The number of nitro groups is 1. The van der Waals surface area contributed by atoms with E-state index in [1.54, 1.807) is 0 Å². The first-order valence-corrected chi connectivity index (χ1v) is 5.83. The third kappa shape index (κ3) is 4.42. The van der Waals surface area contributed by atoms with Crippen molar-refractivity contribution in [3.05, 3.63) is 38.9 Å². The largest absolute Gasteiger partial charge is 0.480 e. The van der Waals surface area contributed by atoms with Gasteiger partial charge in [0, 0.05) is 11.1 Å².